The Labute approximate surface area is 140 Å². The maximum atomic E-state index is 11.8. The van der Waals surface area contributed by atoms with E-state index in [1.165, 1.54) is 5.56 Å². The van der Waals surface area contributed by atoms with Gasteiger partial charge < -0.3 is 5.32 Å². The number of nitrogens with one attached hydrogen (secondary N) is 3. The van der Waals surface area contributed by atoms with Crippen molar-refractivity contribution in [3.8, 4) is 0 Å². The van der Waals surface area contributed by atoms with Crippen molar-refractivity contribution in [1.29, 1.82) is 0 Å². The van der Waals surface area contributed by atoms with Crippen LogP contribution in [0.1, 0.15) is 12.5 Å². The van der Waals surface area contributed by atoms with Crippen LogP contribution in [0.4, 0.5) is 10.5 Å². The summed E-state index contributed by atoms with van der Waals surface area (Å²) in [6, 6.07) is 19.1. The van der Waals surface area contributed by atoms with Crippen molar-refractivity contribution >= 4 is 28.6 Å². The molecule has 0 aliphatic carbocycles. The Hall–Kier alpha value is -2.47. The van der Waals surface area contributed by atoms with Crippen LogP contribution in [-0.4, -0.2) is 17.7 Å². The number of benzene rings is 2. The molecule has 2 aromatic rings. The molecule has 0 fully saturated rings. The summed E-state index contributed by atoms with van der Waals surface area (Å²) >= 11 is 1.54. The molecule has 6 heteroatoms. The number of urea groups is 1. The summed E-state index contributed by atoms with van der Waals surface area (Å²) in [6.07, 6.45) is 0. The first-order valence-corrected chi connectivity index (χ1v) is 8.35. The van der Waals surface area contributed by atoms with Crippen molar-refractivity contribution in [1.82, 2.24) is 10.9 Å². The first kappa shape index (κ1) is 16.9. The number of para-hydroxylation sites is 1. The minimum atomic E-state index is -0.333. The largest absolute Gasteiger partial charge is 0.337 e. The Morgan fingerprint density at radius 1 is 1.00 bits per heavy atom. The highest BCUT2D eigenvalue weighted by Crippen LogP contribution is 2.12. The van der Waals surface area contributed by atoms with Crippen LogP contribution in [0.25, 0.3) is 0 Å². The Morgan fingerprint density at radius 2 is 1.65 bits per heavy atom. The van der Waals surface area contributed by atoms with Gasteiger partial charge in [-0.3, -0.25) is 10.4 Å². The number of hydrazine groups is 1. The van der Waals surface area contributed by atoms with Gasteiger partial charge in [0.1, 0.15) is 0 Å². The molecular formula is C17H20N4OS. The summed E-state index contributed by atoms with van der Waals surface area (Å²) in [5.41, 5.74) is 7.40. The first-order chi connectivity index (χ1) is 11.3. The van der Waals surface area contributed by atoms with Crippen molar-refractivity contribution in [2.45, 2.75) is 12.7 Å². The molecule has 5 nitrogen and oxygen atoms in total. The summed E-state index contributed by atoms with van der Waals surface area (Å²) in [5.74, 6) is 0.786. The van der Waals surface area contributed by atoms with E-state index in [0.29, 0.717) is 11.7 Å². The maximum Gasteiger partial charge on any atom is 0.337 e. The van der Waals surface area contributed by atoms with Gasteiger partial charge in [-0.25, -0.2) is 10.2 Å². The number of carbonyl (C=O) groups is 1. The summed E-state index contributed by atoms with van der Waals surface area (Å²) in [7, 11) is 0. The second kappa shape index (κ2) is 9.53. The van der Waals surface area contributed by atoms with Gasteiger partial charge in [0.05, 0.1) is 0 Å². The van der Waals surface area contributed by atoms with Crippen molar-refractivity contribution in [3.05, 3.63) is 66.2 Å². The third kappa shape index (κ3) is 6.44. The Balaban J connectivity index is 1.80. The van der Waals surface area contributed by atoms with E-state index in [9.17, 15) is 4.79 Å². The lowest BCUT2D eigenvalue weighted by Gasteiger charge is -2.11. The van der Waals surface area contributed by atoms with Crippen molar-refractivity contribution < 1.29 is 4.79 Å². The lowest BCUT2D eigenvalue weighted by molar-refractivity contribution is 0.250. The molecule has 0 aliphatic heterocycles. The Morgan fingerprint density at radius 3 is 2.30 bits per heavy atom. The number of rotatable bonds is 4. The van der Waals surface area contributed by atoms with Gasteiger partial charge in [0.25, 0.3) is 0 Å². The summed E-state index contributed by atoms with van der Waals surface area (Å²) in [4.78, 5) is 16.2. The van der Waals surface area contributed by atoms with Gasteiger partial charge in [-0.1, -0.05) is 60.3 Å². The van der Waals surface area contributed by atoms with Crippen LogP contribution in [0.5, 0.6) is 0 Å². The molecule has 3 N–H and O–H groups in total. The van der Waals surface area contributed by atoms with E-state index in [4.69, 9.17) is 0 Å². The van der Waals surface area contributed by atoms with E-state index in [2.05, 4.69) is 33.3 Å². The molecule has 0 bridgehead atoms. The van der Waals surface area contributed by atoms with Crippen molar-refractivity contribution in [2.24, 2.45) is 4.99 Å². The molecule has 0 atom stereocenters. The molecule has 0 heterocycles. The van der Waals surface area contributed by atoms with E-state index in [1.807, 2.05) is 55.5 Å². The van der Waals surface area contributed by atoms with E-state index in [1.54, 1.807) is 11.8 Å². The minimum Gasteiger partial charge on any atom is -0.307 e. The average Bonchev–Trinajstić information content (AvgIpc) is 2.59. The second-order valence-electron chi connectivity index (χ2n) is 4.62. The third-order valence-corrected chi connectivity index (χ3v) is 3.82. The number of amidine groups is 1. The quantitative estimate of drug-likeness (QED) is 0.456. The molecule has 120 valence electrons. The average molecular weight is 328 g/mol. The molecule has 23 heavy (non-hydrogen) atoms. The molecule has 2 rings (SSSR count). The highest BCUT2D eigenvalue weighted by molar-refractivity contribution is 8.13. The van der Waals surface area contributed by atoms with Crippen LogP contribution in [0.3, 0.4) is 0 Å². The molecule has 0 aliphatic rings. The topological polar surface area (TPSA) is 65.5 Å². The predicted molar refractivity (Wildman–Crippen MR) is 97.4 cm³/mol. The van der Waals surface area contributed by atoms with Gasteiger partial charge in [0.2, 0.25) is 0 Å². The van der Waals surface area contributed by atoms with Crippen LogP contribution < -0.4 is 16.2 Å². The van der Waals surface area contributed by atoms with E-state index in [-0.39, 0.29) is 6.03 Å². The second-order valence-corrected chi connectivity index (χ2v) is 5.59. The summed E-state index contributed by atoms with van der Waals surface area (Å²) in [6.45, 7) is 2.60. The first-order valence-electron chi connectivity index (χ1n) is 7.37. The van der Waals surface area contributed by atoms with Gasteiger partial charge in [-0.05, 0) is 24.6 Å². The fourth-order valence-corrected chi connectivity index (χ4v) is 2.62. The molecule has 0 saturated carbocycles. The molecular weight excluding hydrogens is 308 g/mol. The zero-order valence-electron chi connectivity index (χ0n) is 13.0. The molecule has 0 spiro atoms. The van der Waals surface area contributed by atoms with Crippen LogP contribution in [0.2, 0.25) is 0 Å². The normalized spacial score (nSPS) is 10.9. The SMILES string of the molecule is CCN=C(NNC(=O)Nc1ccccc1)SCc1ccccc1. The van der Waals surface area contributed by atoms with E-state index < -0.39 is 0 Å². The monoisotopic (exact) mass is 328 g/mol. The molecule has 0 saturated heterocycles. The van der Waals surface area contributed by atoms with Crippen molar-refractivity contribution in [2.75, 3.05) is 11.9 Å². The zero-order chi connectivity index (χ0) is 16.3. The fourth-order valence-electron chi connectivity index (χ4n) is 1.78. The number of carbonyl (C=O) groups excluding carboxylic acids is 1. The number of thioether (sulfide) groups is 1. The minimum absolute atomic E-state index is 0.333. The summed E-state index contributed by atoms with van der Waals surface area (Å²) < 4.78 is 0. The zero-order valence-corrected chi connectivity index (χ0v) is 13.8. The predicted octanol–water partition coefficient (Wildman–Crippen LogP) is 3.62. The number of amides is 2. The van der Waals surface area contributed by atoms with E-state index in [0.717, 1.165) is 11.4 Å². The van der Waals surface area contributed by atoms with Gasteiger partial charge in [0.15, 0.2) is 5.17 Å². The lowest BCUT2D eigenvalue weighted by Crippen LogP contribution is -2.43. The summed E-state index contributed by atoms with van der Waals surface area (Å²) in [5, 5.41) is 3.42. The molecule has 0 aromatic heterocycles. The third-order valence-electron chi connectivity index (χ3n) is 2.83. The smallest absolute Gasteiger partial charge is 0.307 e. The standard InChI is InChI=1S/C17H20N4OS/c1-2-18-17(23-13-14-9-5-3-6-10-14)21-20-16(22)19-15-11-7-4-8-12-15/h3-12H,2,13H2,1H3,(H,18,21)(H2,19,20,22). The molecule has 2 aromatic carbocycles. The number of aliphatic imine (C=N–C) groups is 1. The van der Waals surface area contributed by atoms with Crippen LogP contribution in [0.15, 0.2) is 65.7 Å². The maximum absolute atomic E-state index is 11.8. The Kier molecular flexibility index (Phi) is 7.00. The van der Waals surface area contributed by atoms with E-state index >= 15 is 0 Å². The lowest BCUT2D eigenvalue weighted by atomic mass is 10.2. The van der Waals surface area contributed by atoms with Crippen molar-refractivity contribution in [3.63, 3.8) is 0 Å². The number of hydrogen-bond acceptors (Lipinski definition) is 3. The highest BCUT2D eigenvalue weighted by atomic mass is 32.2. The Bertz CT molecular complexity index is 632. The highest BCUT2D eigenvalue weighted by Gasteiger charge is 2.04. The number of hydrogen-bond donors (Lipinski definition) is 3. The number of anilines is 1. The molecule has 0 unspecified atom stereocenters. The fraction of sp³-hybridized carbons (Fsp3) is 0.176. The number of nitrogens with zero attached hydrogens (tertiary/aromatic N) is 1. The molecule has 0 radical (unpaired) electrons. The van der Waals surface area contributed by atoms with Crippen LogP contribution >= 0.6 is 11.8 Å². The van der Waals surface area contributed by atoms with Crippen LogP contribution in [-0.2, 0) is 5.75 Å². The van der Waals surface area contributed by atoms with Gasteiger partial charge in [-0.2, -0.15) is 0 Å². The van der Waals surface area contributed by atoms with Gasteiger partial charge in [-0.15, -0.1) is 0 Å². The van der Waals surface area contributed by atoms with Gasteiger partial charge >= 0.3 is 6.03 Å². The van der Waals surface area contributed by atoms with Gasteiger partial charge in [0, 0.05) is 18.0 Å². The van der Waals surface area contributed by atoms with Crippen LogP contribution in [0, 0.1) is 0 Å². The molecule has 2 amide bonds.